The predicted molar refractivity (Wildman–Crippen MR) is 109 cm³/mol. The largest absolute Gasteiger partial charge is 0.375 e. The molecule has 148 valence electrons. The standard InChI is InChI=1S/C25H37NO/c1-24-12-9-21-20-8-6-19(26-14-2-3-15-26)17-18(20)5-7-22(21)23(24)10-13-25(24)11-4-16-27-25/h5,17,20-23H,2-4,6-16H2,1H3/t20?,21?,22?,23?,24?,25-/m0/s1. The Morgan fingerprint density at radius 3 is 2.70 bits per heavy atom. The molecule has 4 fully saturated rings. The normalized spacial score (nSPS) is 48.9. The van der Waals surface area contributed by atoms with Gasteiger partial charge in [0, 0.05) is 25.4 Å². The summed E-state index contributed by atoms with van der Waals surface area (Å²) in [5, 5.41) is 0. The van der Waals surface area contributed by atoms with Crippen LogP contribution in [0.2, 0.25) is 0 Å². The van der Waals surface area contributed by atoms with Gasteiger partial charge in [0.05, 0.1) is 5.60 Å². The Morgan fingerprint density at radius 2 is 1.89 bits per heavy atom. The summed E-state index contributed by atoms with van der Waals surface area (Å²) < 4.78 is 6.50. The van der Waals surface area contributed by atoms with Crippen LogP contribution < -0.4 is 0 Å². The van der Waals surface area contributed by atoms with E-state index < -0.39 is 0 Å². The van der Waals surface area contributed by atoms with E-state index in [2.05, 4.69) is 24.0 Å². The lowest BCUT2D eigenvalue weighted by Gasteiger charge is -2.55. The first kappa shape index (κ1) is 17.1. The van der Waals surface area contributed by atoms with Crippen LogP contribution in [0.25, 0.3) is 0 Å². The van der Waals surface area contributed by atoms with E-state index in [1.165, 1.54) is 83.7 Å². The van der Waals surface area contributed by atoms with Crippen molar-refractivity contribution < 1.29 is 4.74 Å². The van der Waals surface area contributed by atoms with Crippen LogP contribution in [-0.2, 0) is 4.74 Å². The molecule has 6 rings (SSSR count). The number of fused-ring (bicyclic) bond motifs is 6. The van der Waals surface area contributed by atoms with Crippen LogP contribution in [0.4, 0.5) is 0 Å². The fourth-order valence-electron chi connectivity index (χ4n) is 8.63. The fourth-order valence-corrected chi connectivity index (χ4v) is 8.63. The molecule has 1 spiro atoms. The van der Waals surface area contributed by atoms with Gasteiger partial charge in [-0.05, 0) is 111 Å². The molecule has 0 aromatic rings. The zero-order chi connectivity index (χ0) is 18.1. The quantitative estimate of drug-likeness (QED) is 0.589. The van der Waals surface area contributed by atoms with Gasteiger partial charge >= 0.3 is 0 Å². The number of hydrogen-bond donors (Lipinski definition) is 0. The minimum Gasteiger partial charge on any atom is -0.375 e. The van der Waals surface area contributed by atoms with E-state index in [4.69, 9.17) is 4.74 Å². The second-order valence-electron chi connectivity index (χ2n) is 10.8. The van der Waals surface area contributed by atoms with Crippen molar-refractivity contribution >= 4 is 0 Å². The smallest absolute Gasteiger partial charge is 0.0739 e. The molecule has 5 unspecified atom stereocenters. The maximum absolute atomic E-state index is 6.50. The highest BCUT2D eigenvalue weighted by molar-refractivity contribution is 5.33. The van der Waals surface area contributed by atoms with Crippen LogP contribution in [0.5, 0.6) is 0 Å². The Bertz CT molecular complexity index is 666. The van der Waals surface area contributed by atoms with Crippen molar-refractivity contribution in [3.8, 4) is 0 Å². The van der Waals surface area contributed by atoms with E-state index in [-0.39, 0.29) is 5.60 Å². The average Bonchev–Trinajstić information content (AvgIpc) is 3.43. The van der Waals surface area contributed by atoms with Crippen LogP contribution in [0, 0.1) is 29.1 Å². The fraction of sp³-hybridized carbons (Fsp3) is 0.840. The number of hydrogen-bond acceptors (Lipinski definition) is 2. The van der Waals surface area contributed by atoms with Crippen LogP contribution in [0.1, 0.15) is 77.6 Å². The summed E-state index contributed by atoms with van der Waals surface area (Å²) in [5.41, 5.74) is 4.09. The van der Waals surface area contributed by atoms with Crippen molar-refractivity contribution in [3.63, 3.8) is 0 Å². The summed E-state index contributed by atoms with van der Waals surface area (Å²) in [4.78, 5) is 2.68. The SMILES string of the molecule is CC12CCC3C4CCC(N5CCCC5)=CC4=CCC3C1CC[C@@]21CCCO1. The van der Waals surface area contributed by atoms with Crippen molar-refractivity contribution in [1.29, 1.82) is 0 Å². The highest BCUT2D eigenvalue weighted by Crippen LogP contribution is 2.67. The average molecular weight is 368 g/mol. The first-order valence-electron chi connectivity index (χ1n) is 12.0. The molecule has 2 heteroatoms. The first-order valence-corrected chi connectivity index (χ1v) is 12.0. The second kappa shape index (κ2) is 6.12. The zero-order valence-corrected chi connectivity index (χ0v) is 17.2. The lowest BCUT2D eigenvalue weighted by Crippen LogP contribution is -2.52. The number of rotatable bonds is 1. The van der Waals surface area contributed by atoms with Gasteiger partial charge in [-0.15, -0.1) is 0 Å². The van der Waals surface area contributed by atoms with Crippen molar-refractivity contribution in [1.82, 2.24) is 4.90 Å². The molecule has 2 saturated heterocycles. The minimum absolute atomic E-state index is 0.252. The molecule has 0 aromatic heterocycles. The Morgan fingerprint density at radius 1 is 1.00 bits per heavy atom. The van der Waals surface area contributed by atoms with Gasteiger partial charge in [0.15, 0.2) is 0 Å². The van der Waals surface area contributed by atoms with Gasteiger partial charge in [0.25, 0.3) is 0 Å². The van der Waals surface area contributed by atoms with Crippen molar-refractivity contribution in [2.75, 3.05) is 19.7 Å². The van der Waals surface area contributed by atoms with E-state index in [0.29, 0.717) is 5.41 Å². The predicted octanol–water partition coefficient (Wildman–Crippen LogP) is 5.70. The van der Waals surface area contributed by atoms with Crippen molar-refractivity contribution in [2.45, 2.75) is 83.2 Å². The topological polar surface area (TPSA) is 12.5 Å². The van der Waals surface area contributed by atoms with Gasteiger partial charge in [-0.2, -0.15) is 0 Å². The molecular weight excluding hydrogens is 330 g/mol. The summed E-state index contributed by atoms with van der Waals surface area (Å²) in [6.45, 7) is 6.25. The van der Waals surface area contributed by atoms with Gasteiger partial charge < -0.3 is 9.64 Å². The lowest BCUT2D eigenvalue weighted by molar-refractivity contribution is -0.123. The Kier molecular flexibility index (Phi) is 3.88. The molecule has 0 amide bonds. The molecular formula is C25H37NO. The van der Waals surface area contributed by atoms with Crippen LogP contribution >= 0.6 is 0 Å². The third-order valence-corrected chi connectivity index (χ3v) is 10.0. The molecule has 4 aliphatic carbocycles. The van der Waals surface area contributed by atoms with Crippen LogP contribution in [-0.4, -0.2) is 30.2 Å². The molecule has 2 heterocycles. The number of nitrogens with zero attached hydrogens (tertiary/aromatic N) is 1. The molecule has 0 bridgehead atoms. The molecule has 0 N–H and O–H groups in total. The van der Waals surface area contributed by atoms with E-state index in [1.807, 2.05) is 0 Å². The maximum atomic E-state index is 6.50. The third-order valence-electron chi connectivity index (χ3n) is 10.0. The number of likely N-dealkylation sites (tertiary alicyclic amines) is 1. The van der Waals surface area contributed by atoms with E-state index in [1.54, 1.807) is 11.3 Å². The van der Waals surface area contributed by atoms with E-state index >= 15 is 0 Å². The maximum Gasteiger partial charge on any atom is 0.0739 e. The van der Waals surface area contributed by atoms with Crippen molar-refractivity contribution in [3.05, 3.63) is 23.4 Å². The first-order chi connectivity index (χ1) is 13.2. The Labute approximate surface area is 165 Å². The molecule has 2 saturated carbocycles. The van der Waals surface area contributed by atoms with Crippen LogP contribution in [0.15, 0.2) is 23.4 Å². The molecule has 6 atom stereocenters. The van der Waals surface area contributed by atoms with Crippen LogP contribution in [0.3, 0.4) is 0 Å². The monoisotopic (exact) mass is 367 g/mol. The van der Waals surface area contributed by atoms with Gasteiger partial charge in [0.1, 0.15) is 0 Å². The highest BCUT2D eigenvalue weighted by atomic mass is 16.5. The molecule has 2 nitrogen and oxygen atoms in total. The Balaban J connectivity index is 1.27. The molecule has 6 aliphatic rings. The molecule has 0 aromatic carbocycles. The third kappa shape index (κ3) is 2.35. The van der Waals surface area contributed by atoms with Crippen molar-refractivity contribution in [2.24, 2.45) is 29.1 Å². The lowest BCUT2D eigenvalue weighted by atomic mass is 9.51. The van der Waals surface area contributed by atoms with Gasteiger partial charge in [-0.3, -0.25) is 0 Å². The molecule has 0 radical (unpaired) electrons. The second-order valence-corrected chi connectivity index (χ2v) is 10.8. The summed E-state index contributed by atoms with van der Waals surface area (Å²) in [7, 11) is 0. The van der Waals surface area contributed by atoms with Gasteiger partial charge in [-0.25, -0.2) is 0 Å². The number of ether oxygens (including phenoxy) is 1. The summed E-state index contributed by atoms with van der Waals surface area (Å²) >= 11 is 0. The van der Waals surface area contributed by atoms with Gasteiger partial charge in [-0.1, -0.05) is 13.0 Å². The molecule has 2 aliphatic heterocycles. The number of allylic oxidation sites excluding steroid dienone is 4. The molecule has 27 heavy (non-hydrogen) atoms. The highest BCUT2D eigenvalue weighted by Gasteiger charge is 2.63. The zero-order valence-electron chi connectivity index (χ0n) is 17.2. The van der Waals surface area contributed by atoms with E-state index in [9.17, 15) is 0 Å². The summed E-state index contributed by atoms with van der Waals surface area (Å²) in [6, 6.07) is 0. The van der Waals surface area contributed by atoms with E-state index in [0.717, 1.165) is 30.3 Å². The van der Waals surface area contributed by atoms with Gasteiger partial charge in [0.2, 0.25) is 0 Å². The summed E-state index contributed by atoms with van der Waals surface area (Å²) in [6.07, 6.45) is 20.5. The minimum atomic E-state index is 0.252. The summed E-state index contributed by atoms with van der Waals surface area (Å²) in [5.74, 6) is 3.66. The Hall–Kier alpha value is -0.760.